The molecule has 1 amide bonds. The van der Waals surface area contributed by atoms with Crippen LogP contribution in [0.4, 0.5) is 0 Å². The normalized spacial score (nSPS) is 20.5. The maximum Gasteiger partial charge on any atom is 0.246 e. The Labute approximate surface area is 77.0 Å². The topological polar surface area (TPSA) is 55.1 Å². The molecule has 0 aromatic heterocycles. The third-order valence-electron chi connectivity index (χ3n) is 2.35. The van der Waals surface area contributed by atoms with Crippen molar-refractivity contribution in [3.8, 4) is 0 Å². The van der Waals surface area contributed by atoms with E-state index in [1.165, 1.54) is 5.57 Å². The second-order valence-electron chi connectivity index (χ2n) is 3.27. The van der Waals surface area contributed by atoms with E-state index in [1.807, 2.05) is 6.08 Å². The summed E-state index contributed by atoms with van der Waals surface area (Å²) in [5.74, 6) is -0.325. The Kier molecular flexibility index (Phi) is 1.93. The van der Waals surface area contributed by atoms with Gasteiger partial charge in [0.2, 0.25) is 5.91 Å². The highest BCUT2D eigenvalue weighted by Crippen LogP contribution is 2.22. The van der Waals surface area contributed by atoms with Crippen LogP contribution in [0.2, 0.25) is 0 Å². The molecule has 0 saturated heterocycles. The Bertz CT molecular complexity index is 337. The molecule has 0 atom stereocenters. The van der Waals surface area contributed by atoms with E-state index in [-0.39, 0.29) is 5.91 Å². The average Bonchev–Trinajstić information content (AvgIpc) is 2.17. The molecule has 0 fully saturated rings. The Morgan fingerprint density at radius 1 is 1.54 bits per heavy atom. The fourth-order valence-corrected chi connectivity index (χ4v) is 1.61. The van der Waals surface area contributed by atoms with Crippen LogP contribution in [0, 0.1) is 0 Å². The van der Waals surface area contributed by atoms with Crippen LogP contribution in [0.15, 0.2) is 35.1 Å². The van der Waals surface area contributed by atoms with E-state index in [0.29, 0.717) is 12.1 Å². The summed E-state index contributed by atoms with van der Waals surface area (Å²) in [5.41, 5.74) is 8.21. The van der Waals surface area contributed by atoms with Crippen LogP contribution in [0.3, 0.4) is 0 Å². The lowest BCUT2D eigenvalue weighted by Crippen LogP contribution is -2.28. The molecule has 0 aromatic rings. The van der Waals surface area contributed by atoms with Crippen LogP contribution in [0.1, 0.15) is 12.8 Å². The van der Waals surface area contributed by atoms with E-state index in [4.69, 9.17) is 5.73 Å². The highest BCUT2D eigenvalue weighted by molar-refractivity contribution is 5.93. The van der Waals surface area contributed by atoms with Gasteiger partial charge in [-0.1, -0.05) is 6.08 Å². The summed E-state index contributed by atoms with van der Waals surface area (Å²) in [7, 11) is 0. The van der Waals surface area contributed by atoms with Crippen molar-refractivity contribution >= 4 is 5.91 Å². The van der Waals surface area contributed by atoms with Gasteiger partial charge in [-0.3, -0.25) is 4.79 Å². The zero-order chi connectivity index (χ0) is 9.26. The predicted octanol–water partition coefficient (Wildman–Crippen LogP) is 0.605. The lowest BCUT2D eigenvalue weighted by Gasteiger charge is -2.21. The van der Waals surface area contributed by atoms with Crippen molar-refractivity contribution in [2.45, 2.75) is 12.8 Å². The molecule has 2 aliphatic rings. The van der Waals surface area contributed by atoms with Crippen molar-refractivity contribution in [3.63, 3.8) is 0 Å². The molecule has 3 heteroatoms. The van der Waals surface area contributed by atoms with Gasteiger partial charge in [-0.15, -0.1) is 0 Å². The maximum atomic E-state index is 10.9. The number of nitrogens with one attached hydrogen (secondary N) is 1. The summed E-state index contributed by atoms with van der Waals surface area (Å²) in [5, 5.41) is 3.18. The van der Waals surface area contributed by atoms with Crippen LogP contribution < -0.4 is 11.1 Å². The first kappa shape index (κ1) is 8.10. The van der Waals surface area contributed by atoms with E-state index >= 15 is 0 Å². The number of amides is 1. The summed E-state index contributed by atoms with van der Waals surface area (Å²) in [6.45, 7) is 0.554. The van der Waals surface area contributed by atoms with Gasteiger partial charge in [-0.05, 0) is 30.6 Å². The SMILES string of the molecule is NC(=O)C1=CC2=C(C=CCC2)NC1. The molecule has 0 radical (unpaired) electrons. The van der Waals surface area contributed by atoms with Crippen molar-refractivity contribution in [1.82, 2.24) is 5.32 Å². The smallest absolute Gasteiger partial charge is 0.246 e. The quantitative estimate of drug-likeness (QED) is 0.615. The predicted molar refractivity (Wildman–Crippen MR) is 50.7 cm³/mol. The number of dihydropyridines is 1. The van der Waals surface area contributed by atoms with Gasteiger partial charge in [0.15, 0.2) is 0 Å². The largest absolute Gasteiger partial charge is 0.381 e. The Balaban J connectivity index is 2.31. The first-order chi connectivity index (χ1) is 6.27. The van der Waals surface area contributed by atoms with Gasteiger partial charge >= 0.3 is 0 Å². The zero-order valence-corrected chi connectivity index (χ0v) is 7.34. The second kappa shape index (κ2) is 3.09. The standard InChI is InChI=1S/C10H12N2O/c11-10(13)8-5-7-3-1-2-4-9(7)12-6-8/h2,4-5,12H,1,3,6H2,(H2,11,13). The van der Waals surface area contributed by atoms with Gasteiger partial charge in [0, 0.05) is 17.8 Å². The van der Waals surface area contributed by atoms with Gasteiger partial charge in [-0.25, -0.2) is 0 Å². The van der Waals surface area contributed by atoms with Gasteiger partial charge in [0.1, 0.15) is 0 Å². The summed E-state index contributed by atoms with van der Waals surface area (Å²) < 4.78 is 0. The summed E-state index contributed by atoms with van der Waals surface area (Å²) in [6, 6.07) is 0. The molecule has 3 nitrogen and oxygen atoms in total. The van der Waals surface area contributed by atoms with Gasteiger partial charge in [0.05, 0.1) is 0 Å². The first-order valence-electron chi connectivity index (χ1n) is 4.41. The number of nitrogens with two attached hydrogens (primary N) is 1. The van der Waals surface area contributed by atoms with E-state index in [0.717, 1.165) is 18.5 Å². The molecule has 0 saturated carbocycles. The Morgan fingerprint density at radius 3 is 3.15 bits per heavy atom. The van der Waals surface area contributed by atoms with E-state index in [2.05, 4.69) is 17.5 Å². The highest BCUT2D eigenvalue weighted by Gasteiger charge is 2.15. The fourth-order valence-electron chi connectivity index (χ4n) is 1.61. The number of hydrogen-bond donors (Lipinski definition) is 2. The molecule has 3 N–H and O–H groups in total. The van der Waals surface area contributed by atoms with Gasteiger partial charge in [-0.2, -0.15) is 0 Å². The van der Waals surface area contributed by atoms with E-state index in [9.17, 15) is 4.79 Å². The fraction of sp³-hybridized carbons (Fsp3) is 0.300. The molecular weight excluding hydrogens is 164 g/mol. The maximum absolute atomic E-state index is 10.9. The molecule has 0 aromatic carbocycles. The van der Waals surface area contributed by atoms with Crippen LogP contribution >= 0.6 is 0 Å². The van der Waals surface area contributed by atoms with Crippen molar-refractivity contribution in [3.05, 3.63) is 35.1 Å². The third kappa shape index (κ3) is 1.49. The van der Waals surface area contributed by atoms with Gasteiger partial charge < -0.3 is 11.1 Å². The zero-order valence-electron chi connectivity index (χ0n) is 7.34. The number of carbonyl (C=O) groups is 1. The lowest BCUT2D eigenvalue weighted by molar-refractivity contribution is -0.114. The number of primary amides is 1. The molecular formula is C10H12N2O. The third-order valence-corrected chi connectivity index (χ3v) is 2.35. The average molecular weight is 176 g/mol. The molecule has 0 bridgehead atoms. The van der Waals surface area contributed by atoms with Crippen molar-refractivity contribution in [1.29, 1.82) is 0 Å². The molecule has 1 aliphatic carbocycles. The van der Waals surface area contributed by atoms with Gasteiger partial charge in [0.25, 0.3) is 0 Å². The van der Waals surface area contributed by atoms with Crippen LogP contribution in [-0.4, -0.2) is 12.5 Å². The van der Waals surface area contributed by atoms with Crippen molar-refractivity contribution in [2.75, 3.05) is 6.54 Å². The number of allylic oxidation sites excluding steroid dienone is 4. The molecule has 2 rings (SSSR count). The molecule has 1 aliphatic heterocycles. The summed E-state index contributed by atoms with van der Waals surface area (Å²) in [4.78, 5) is 10.9. The summed E-state index contributed by atoms with van der Waals surface area (Å²) in [6.07, 6.45) is 8.15. The highest BCUT2D eigenvalue weighted by atomic mass is 16.1. The number of rotatable bonds is 1. The minimum atomic E-state index is -0.325. The molecule has 0 unspecified atom stereocenters. The minimum Gasteiger partial charge on any atom is -0.381 e. The van der Waals surface area contributed by atoms with Crippen LogP contribution in [0.25, 0.3) is 0 Å². The van der Waals surface area contributed by atoms with Crippen molar-refractivity contribution < 1.29 is 4.79 Å². The van der Waals surface area contributed by atoms with Crippen LogP contribution in [0.5, 0.6) is 0 Å². The Morgan fingerprint density at radius 2 is 2.38 bits per heavy atom. The number of hydrogen-bond acceptors (Lipinski definition) is 2. The molecule has 1 heterocycles. The first-order valence-corrected chi connectivity index (χ1v) is 4.41. The Hall–Kier alpha value is -1.51. The summed E-state index contributed by atoms with van der Waals surface area (Å²) >= 11 is 0. The number of carbonyl (C=O) groups excluding carboxylic acids is 1. The molecule has 13 heavy (non-hydrogen) atoms. The van der Waals surface area contributed by atoms with E-state index < -0.39 is 0 Å². The van der Waals surface area contributed by atoms with Crippen LogP contribution in [-0.2, 0) is 4.79 Å². The minimum absolute atomic E-state index is 0.325. The van der Waals surface area contributed by atoms with Crippen molar-refractivity contribution in [2.24, 2.45) is 5.73 Å². The monoisotopic (exact) mass is 176 g/mol. The second-order valence-corrected chi connectivity index (χ2v) is 3.27. The molecule has 0 spiro atoms. The molecule has 68 valence electrons. The van der Waals surface area contributed by atoms with E-state index in [1.54, 1.807) is 0 Å². The lowest BCUT2D eigenvalue weighted by atomic mass is 9.96.